The molecule has 31 heavy (non-hydrogen) atoms. The van der Waals surface area contributed by atoms with E-state index in [9.17, 15) is 4.79 Å². The van der Waals surface area contributed by atoms with Gasteiger partial charge in [-0.25, -0.2) is 0 Å². The monoisotopic (exact) mass is 439 g/mol. The van der Waals surface area contributed by atoms with E-state index in [1.165, 1.54) is 148 Å². The Labute approximate surface area is 195 Å². The number of carboxylic acids is 1. The van der Waals surface area contributed by atoms with Crippen LogP contribution in [0.1, 0.15) is 161 Å². The zero-order valence-corrected chi connectivity index (χ0v) is 21.2. The van der Waals surface area contributed by atoms with Crippen molar-refractivity contribution >= 4 is 5.97 Å². The minimum atomic E-state index is -0.652. The highest BCUT2D eigenvalue weighted by Gasteiger charge is 1.97. The van der Waals surface area contributed by atoms with E-state index in [0.29, 0.717) is 6.42 Å². The fraction of sp³-hybridized carbons (Fsp3) is 0.964. The Bertz CT molecular complexity index is 346. The van der Waals surface area contributed by atoms with Crippen molar-refractivity contribution in [1.29, 1.82) is 0 Å². The predicted octanol–water partition coefficient (Wildman–Crippen LogP) is 9.04. The Morgan fingerprint density at radius 1 is 0.484 bits per heavy atom. The lowest BCUT2D eigenvalue weighted by molar-refractivity contribution is -0.137. The molecule has 0 aliphatic heterocycles. The second-order valence-electron chi connectivity index (χ2n) is 9.67. The van der Waals surface area contributed by atoms with Crippen LogP contribution in [0.25, 0.3) is 0 Å². The van der Waals surface area contributed by atoms with E-state index in [1.54, 1.807) is 0 Å². The Hall–Kier alpha value is -0.570. The molecule has 0 heterocycles. The first-order valence-electron chi connectivity index (χ1n) is 14.2. The van der Waals surface area contributed by atoms with Crippen LogP contribution in [0.15, 0.2) is 0 Å². The van der Waals surface area contributed by atoms with Crippen LogP contribution in [0.5, 0.6) is 0 Å². The van der Waals surface area contributed by atoms with Gasteiger partial charge in [0.25, 0.3) is 0 Å². The molecular weight excluding hydrogens is 382 g/mol. The number of unbranched alkanes of at least 4 members (excludes halogenated alkanes) is 21. The summed E-state index contributed by atoms with van der Waals surface area (Å²) in [6.07, 6.45) is 31.4. The van der Waals surface area contributed by atoms with Crippen LogP contribution in [0.2, 0.25) is 0 Å². The third-order valence-electron chi connectivity index (χ3n) is 6.45. The van der Waals surface area contributed by atoms with Crippen LogP contribution in [0.4, 0.5) is 0 Å². The molecule has 0 radical (unpaired) electrons. The number of aliphatic carboxylic acids is 1. The highest BCUT2D eigenvalue weighted by atomic mass is 16.4. The number of carbonyl (C=O) groups is 1. The van der Waals surface area contributed by atoms with Gasteiger partial charge in [-0.1, -0.05) is 135 Å². The summed E-state index contributed by atoms with van der Waals surface area (Å²) in [6, 6.07) is 0. The van der Waals surface area contributed by atoms with E-state index in [-0.39, 0.29) is 0 Å². The molecule has 3 heteroatoms. The minimum absolute atomic E-state index is 0.343. The summed E-state index contributed by atoms with van der Waals surface area (Å²) in [7, 11) is 0. The van der Waals surface area contributed by atoms with Gasteiger partial charge in [-0.05, 0) is 32.4 Å². The van der Waals surface area contributed by atoms with Gasteiger partial charge in [0, 0.05) is 6.42 Å². The molecule has 0 aromatic heterocycles. The molecule has 0 saturated carbocycles. The number of hydrogen-bond acceptors (Lipinski definition) is 2. The summed E-state index contributed by atoms with van der Waals surface area (Å²) < 4.78 is 0. The van der Waals surface area contributed by atoms with Gasteiger partial charge in [-0.3, -0.25) is 4.79 Å². The molecule has 0 aliphatic rings. The van der Waals surface area contributed by atoms with Crippen LogP contribution >= 0.6 is 0 Å². The lowest BCUT2D eigenvalue weighted by Gasteiger charge is -2.06. The molecule has 186 valence electrons. The first-order chi connectivity index (χ1) is 15.3. The van der Waals surface area contributed by atoms with Gasteiger partial charge in [0.1, 0.15) is 0 Å². The molecule has 0 fully saturated rings. The first kappa shape index (κ1) is 30.4. The Balaban J connectivity index is 3.00. The normalized spacial score (nSPS) is 11.3. The van der Waals surface area contributed by atoms with Gasteiger partial charge in [-0.2, -0.15) is 0 Å². The van der Waals surface area contributed by atoms with E-state index in [4.69, 9.17) is 5.11 Å². The topological polar surface area (TPSA) is 49.3 Å². The molecule has 0 amide bonds. The summed E-state index contributed by atoms with van der Waals surface area (Å²) in [6.45, 7) is 4.72. The van der Waals surface area contributed by atoms with Crippen LogP contribution in [-0.4, -0.2) is 24.2 Å². The van der Waals surface area contributed by atoms with Crippen molar-refractivity contribution in [2.75, 3.05) is 13.1 Å². The van der Waals surface area contributed by atoms with Crippen molar-refractivity contribution in [2.24, 2.45) is 0 Å². The van der Waals surface area contributed by atoms with Crippen molar-refractivity contribution in [3.8, 4) is 0 Å². The molecule has 0 spiro atoms. The lowest BCUT2D eigenvalue weighted by atomic mass is 10.0. The summed E-state index contributed by atoms with van der Waals surface area (Å²) in [5, 5.41) is 12.2. The number of rotatable bonds is 27. The molecule has 0 atom stereocenters. The average Bonchev–Trinajstić information content (AvgIpc) is 2.76. The predicted molar refractivity (Wildman–Crippen MR) is 137 cm³/mol. The molecule has 0 saturated heterocycles. The first-order valence-corrected chi connectivity index (χ1v) is 14.2. The Kier molecular flexibility index (Phi) is 27.0. The summed E-state index contributed by atoms with van der Waals surface area (Å²) in [5.74, 6) is -0.652. The van der Waals surface area contributed by atoms with Crippen LogP contribution in [-0.2, 0) is 4.79 Å². The highest BCUT2D eigenvalue weighted by Crippen LogP contribution is 2.13. The van der Waals surface area contributed by atoms with E-state index in [1.807, 2.05) is 0 Å². The molecule has 0 bridgehead atoms. The third kappa shape index (κ3) is 29.4. The van der Waals surface area contributed by atoms with Crippen molar-refractivity contribution in [3.63, 3.8) is 0 Å². The molecule has 0 rings (SSSR count). The van der Waals surface area contributed by atoms with Gasteiger partial charge in [0.2, 0.25) is 0 Å². The van der Waals surface area contributed by atoms with Crippen LogP contribution in [0, 0.1) is 0 Å². The summed E-state index contributed by atoms with van der Waals surface area (Å²) >= 11 is 0. The number of carboxylic acid groups (broad SMARTS) is 1. The van der Waals surface area contributed by atoms with E-state index in [0.717, 1.165) is 12.8 Å². The Morgan fingerprint density at radius 2 is 0.774 bits per heavy atom. The maximum Gasteiger partial charge on any atom is 0.303 e. The molecule has 0 aliphatic carbocycles. The maximum atomic E-state index is 10.4. The van der Waals surface area contributed by atoms with Crippen molar-refractivity contribution in [1.82, 2.24) is 5.32 Å². The van der Waals surface area contributed by atoms with E-state index in [2.05, 4.69) is 12.2 Å². The minimum Gasteiger partial charge on any atom is -0.481 e. The van der Waals surface area contributed by atoms with Gasteiger partial charge in [-0.15, -0.1) is 0 Å². The van der Waals surface area contributed by atoms with E-state index < -0.39 is 5.97 Å². The number of hydrogen-bond donors (Lipinski definition) is 2. The van der Waals surface area contributed by atoms with Gasteiger partial charge >= 0.3 is 5.97 Å². The van der Waals surface area contributed by atoms with Crippen LogP contribution in [0.3, 0.4) is 0 Å². The molecule has 3 nitrogen and oxygen atoms in total. The van der Waals surface area contributed by atoms with Gasteiger partial charge in [0.05, 0.1) is 0 Å². The largest absolute Gasteiger partial charge is 0.481 e. The maximum absolute atomic E-state index is 10.4. The quantitative estimate of drug-likeness (QED) is 0.125. The fourth-order valence-electron chi connectivity index (χ4n) is 4.33. The van der Waals surface area contributed by atoms with Crippen LogP contribution < -0.4 is 5.32 Å². The lowest BCUT2D eigenvalue weighted by Crippen LogP contribution is -2.16. The summed E-state index contributed by atoms with van der Waals surface area (Å²) in [4.78, 5) is 10.4. The second kappa shape index (κ2) is 27.5. The molecular formula is C28H57NO2. The highest BCUT2D eigenvalue weighted by molar-refractivity contribution is 5.66. The Morgan fingerprint density at radius 3 is 1.10 bits per heavy atom. The molecule has 2 N–H and O–H groups in total. The zero-order chi connectivity index (χ0) is 22.7. The summed E-state index contributed by atoms with van der Waals surface area (Å²) in [5.41, 5.74) is 0. The fourth-order valence-corrected chi connectivity index (χ4v) is 4.33. The van der Waals surface area contributed by atoms with Gasteiger partial charge < -0.3 is 10.4 Å². The number of nitrogens with one attached hydrogen (secondary N) is 1. The van der Waals surface area contributed by atoms with Crippen molar-refractivity contribution < 1.29 is 9.90 Å². The molecule has 0 aromatic rings. The second-order valence-corrected chi connectivity index (χ2v) is 9.67. The SMILES string of the molecule is CCCCCCCCCCCCNCCCCCCCCCCCCCCCC(=O)O. The van der Waals surface area contributed by atoms with Gasteiger partial charge in [0.15, 0.2) is 0 Å². The standard InChI is InChI=1S/C28H57NO2/c1-2-3-4-5-6-7-14-17-20-23-26-29-27-24-21-18-15-12-10-8-9-11-13-16-19-22-25-28(30)31/h29H,2-27H2,1H3,(H,30,31). The van der Waals surface area contributed by atoms with E-state index >= 15 is 0 Å². The smallest absolute Gasteiger partial charge is 0.303 e. The van der Waals surface area contributed by atoms with Crippen molar-refractivity contribution in [3.05, 3.63) is 0 Å². The molecule has 0 unspecified atom stereocenters. The average molecular weight is 440 g/mol. The van der Waals surface area contributed by atoms with Crippen molar-refractivity contribution in [2.45, 2.75) is 161 Å². The zero-order valence-electron chi connectivity index (χ0n) is 21.2. The molecule has 0 aromatic carbocycles. The third-order valence-corrected chi connectivity index (χ3v) is 6.45.